The maximum absolute atomic E-state index is 14.0. The topological polar surface area (TPSA) is 38.4 Å². The highest BCUT2D eigenvalue weighted by Gasteiger charge is 2.29. The summed E-state index contributed by atoms with van der Waals surface area (Å²) in [5.74, 6) is -0.0781. The Morgan fingerprint density at radius 3 is 2.36 bits per heavy atom. The van der Waals surface area contributed by atoms with E-state index in [9.17, 15) is 4.79 Å². The van der Waals surface area contributed by atoms with E-state index in [4.69, 9.17) is 0 Å². The van der Waals surface area contributed by atoms with E-state index >= 15 is 0 Å². The van der Waals surface area contributed by atoms with Crippen LogP contribution in [0.5, 0.6) is 0 Å². The second-order valence-corrected chi connectivity index (χ2v) is 10.0. The Bertz CT molecular complexity index is 1590. The van der Waals surface area contributed by atoms with Crippen molar-refractivity contribution in [2.24, 2.45) is 0 Å². The van der Waals surface area contributed by atoms with E-state index in [0.717, 1.165) is 54.0 Å². The summed E-state index contributed by atoms with van der Waals surface area (Å²) in [6, 6.07) is 25.1. The molecule has 5 aromatic rings. The molecular formula is C32H31N3O. The molecule has 0 saturated carbocycles. The number of rotatable bonds is 4. The van der Waals surface area contributed by atoms with Crippen molar-refractivity contribution in [3.8, 4) is 22.4 Å². The molecule has 4 nitrogen and oxygen atoms in total. The van der Waals surface area contributed by atoms with Gasteiger partial charge in [0, 0.05) is 29.6 Å². The first-order valence-corrected chi connectivity index (χ1v) is 12.8. The van der Waals surface area contributed by atoms with E-state index in [1.165, 1.54) is 27.8 Å². The molecule has 0 unspecified atom stereocenters. The zero-order valence-corrected chi connectivity index (χ0v) is 21.1. The van der Waals surface area contributed by atoms with Crippen LogP contribution in [0.25, 0.3) is 28.0 Å². The fourth-order valence-electron chi connectivity index (χ4n) is 5.48. The molecule has 1 N–H and O–H groups in total. The van der Waals surface area contributed by atoms with Gasteiger partial charge in [-0.1, -0.05) is 66.2 Å². The molecule has 3 heterocycles. The molecule has 4 heteroatoms. The van der Waals surface area contributed by atoms with Crippen LogP contribution < -0.4 is 5.32 Å². The van der Waals surface area contributed by atoms with E-state index in [-0.39, 0.29) is 5.91 Å². The van der Waals surface area contributed by atoms with Gasteiger partial charge in [0.1, 0.15) is 11.3 Å². The molecule has 0 bridgehead atoms. The van der Waals surface area contributed by atoms with E-state index in [1.54, 1.807) is 0 Å². The van der Waals surface area contributed by atoms with Crippen molar-refractivity contribution in [1.29, 1.82) is 0 Å². The summed E-state index contributed by atoms with van der Waals surface area (Å²) in [6.07, 6.45) is 5.35. The first-order valence-electron chi connectivity index (χ1n) is 12.8. The fourth-order valence-corrected chi connectivity index (χ4v) is 5.48. The van der Waals surface area contributed by atoms with Gasteiger partial charge in [-0.3, -0.25) is 9.20 Å². The number of hydrogen-bond acceptors (Lipinski definition) is 1. The van der Waals surface area contributed by atoms with Crippen LogP contribution in [0.4, 0.5) is 5.69 Å². The molecule has 2 aromatic heterocycles. The Balaban J connectivity index is 1.62. The van der Waals surface area contributed by atoms with Crippen LogP contribution in [0.3, 0.4) is 0 Å². The van der Waals surface area contributed by atoms with Crippen molar-refractivity contribution in [1.82, 2.24) is 8.97 Å². The van der Waals surface area contributed by atoms with Crippen LogP contribution >= 0.6 is 0 Å². The molecule has 36 heavy (non-hydrogen) atoms. The number of benzene rings is 3. The van der Waals surface area contributed by atoms with Crippen molar-refractivity contribution in [3.63, 3.8) is 0 Å². The van der Waals surface area contributed by atoms with Gasteiger partial charge in [-0.2, -0.15) is 0 Å². The van der Waals surface area contributed by atoms with Crippen LogP contribution in [-0.4, -0.2) is 14.9 Å². The summed E-state index contributed by atoms with van der Waals surface area (Å²) in [5, 5.41) is 3.19. The Morgan fingerprint density at radius 1 is 0.833 bits per heavy atom. The van der Waals surface area contributed by atoms with Crippen molar-refractivity contribution in [3.05, 3.63) is 107 Å². The molecule has 1 amide bonds. The van der Waals surface area contributed by atoms with Gasteiger partial charge in [0.05, 0.1) is 5.69 Å². The zero-order chi connectivity index (χ0) is 24.8. The Kier molecular flexibility index (Phi) is 5.52. The molecule has 0 aliphatic carbocycles. The van der Waals surface area contributed by atoms with Crippen molar-refractivity contribution in [2.45, 2.75) is 46.6 Å². The van der Waals surface area contributed by atoms with Crippen LogP contribution in [0.15, 0.2) is 79.0 Å². The maximum Gasteiger partial charge on any atom is 0.273 e. The van der Waals surface area contributed by atoms with Crippen molar-refractivity contribution >= 4 is 17.2 Å². The predicted molar refractivity (Wildman–Crippen MR) is 148 cm³/mol. The third-order valence-electron chi connectivity index (χ3n) is 7.52. The Labute approximate surface area is 212 Å². The molecule has 6 rings (SSSR count). The summed E-state index contributed by atoms with van der Waals surface area (Å²) >= 11 is 0. The van der Waals surface area contributed by atoms with Gasteiger partial charge in [0.25, 0.3) is 5.91 Å². The lowest BCUT2D eigenvalue weighted by atomic mass is 9.95. The van der Waals surface area contributed by atoms with E-state index < -0.39 is 0 Å². The van der Waals surface area contributed by atoms with Gasteiger partial charge in [0.15, 0.2) is 0 Å². The van der Waals surface area contributed by atoms with Gasteiger partial charge in [-0.05, 0) is 74.4 Å². The number of carbonyl (C=O) groups is 1. The number of carbonyl (C=O) groups excluding carboxylic acids is 1. The van der Waals surface area contributed by atoms with Crippen LogP contribution in [0, 0.1) is 20.8 Å². The van der Waals surface area contributed by atoms with E-state index in [0.29, 0.717) is 5.69 Å². The first kappa shape index (κ1) is 22.4. The Morgan fingerprint density at radius 2 is 1.61 bits per heavy atom. The second-order valence-electron chi connectivity index (χ2n) is 10.0. The standard InChI is InChI=1S/C32H31N3O/c1-21-12-16-26(17-13-21)33-31(36)30-29(25-15-14-22(2)23(3)19-25)27-11-7-8-18-34-28(20-35(30)32(27)34)24-9-5-4-6-10-24/h4-6,9-10,12-17,19-20H,7-8,11,18H2,1-3H3,(H,33,36). The molecule has 0 spiro atoms. The number of amides is 1. The molecule has 0 atom stereocenters. The monoisotopic (exact) mass is 473 g/mol. The normalized spacial score (nSPS) is 13.1. The molecule has 3 aromatic carbocycles. The van der Waals surface area contributed by atoms with E-state index in [2.05, 4.69) is 83.7 Å². The molecule has 1 aliphatic rings. The Hall–Kier alpha value is -4.05. The summed E-state index contributed by atoms with van der Waals surface area (Å²) in [5.41, 5.74) is 12.1. The molecule has 180 valence electrons. The van der Waals surface area contributed by atoms with Crippen LogP contribution in [0.2, 0.25) is 0 Å². The lowest BCUT2D eigenvalue weighted by Crippen LogP contribution is -2.15. The van der Waals surface area contributed by atoms with Gasteiger partial charge in [-0.15, -0.1) is 0 Å². The number of aryl methyl sites for hydroxylation is 5. The number of nitrogens with zero attached hydrogens (tertiary/aromatic N) is 2. The predicted octanol–water partition coefficient (Wildman–Crippen LogP) is 7.59. The fraction of sp³-hybridized carbons (Fsp3) is 0.219. The average Bonchev–Trinajstić information content (AvgIpc) is 3.30. The van der Waals surface area contributed by atoms with Crippen molar-refractivity contribution < 1.29 is 4.79 Å². The van der Waals surface area contributed by atoms with Crippen LogP contribution in [-0.2, 0) is 13.0 Å². The third-order valence-corrected chi connectivity index (χ3v) is 7.52. The minimum Gasteiger partial charge on any atom is -0.325 e. The minimum absolute atomic E-state index is 0.0781. The first-order chi connectivity index (χ1) is 17.5. The summed E-state index contributed by atoms with van der Waals surface area (Å²) in [6.45, 7) is 7.28. The third kappa shape index (κ3) is 3.74. The largest absolute Gasteiger partial charge is 0.325 e. The number of nitrogens with one attached hydrogen (secondary N) is 1. The number of anilines is 1. The van der Waals surface area contributed by atoms with Gasteiger partial charge in [0.2, 0.25) is 0 Å². The average molecular weight is 474 g/mol. The highest BCUT2D eigenvalue weighted by molar-refractivity contribution is 6.10. The quantitative estimate of drug-likeness (QED) is 0.287. The zero-order valence-electron chi connectivity index (χ0n) is 21.1. The van der Waals surface area contributed by atoms with Crippen LogP contribution in [0.1, 0.15) is 45.6 Å². The summed E-state index contributed by atoms with van der Waals surface area (Å²) < 4.78 is 4.57. The summed E-state index contributed by atoms with van der Waals surface area (Å²) in [4.78, 5) is 14.0. The SMILES string of the molecule is Cc1ccc(NC(=O)c2c(-c3ccc(C)c(C)c3)c3c4n(c(-c5ccccc5)cn24)CCCC3)cc1. The van der Waals surface area contributed by atoms with Gasteiger partial charge >= 0.3 is 0 Å². The van der Waals surface area contributed by atoms with Gasteiger partial charge < -0.3 is 9.88 Å². The molecule has 0 fully saturated rings. The second kappa shape index (κ2) is 8.87. The van der Waals surface area contributed by atoms with E-state index in [1.807, 2.05) is 30.3 Å². The minimum atomic E-state index is -0.0781. The van der Waals surface area contributed by atoms with Crippen molar-refractivity contribution in [2.75, 3.05) is 5.32 Å². The number of hydrogen-bond donors (Lipinski definition) is 1. The lowest BCUT2D eigenvalue weighted by molar-refractivity contribution is 0.102. The number of imidazole rings is 1. The maximum atomic E-state index is 14.0. The summed E-state index contributed by atoms with van der Waals surface area (Å²) in [7, 11) is 0. The smallest absolute Gasteiger partial charge is 0.273 e. The molecule has 1 aliphatic heterocycles. The highest BCUT2D eigenvalue weighted by Crippen LogP contribution is 2.40. The molecule has 0 radical (unpaired) electrons. The highest BCUT2D eigenvalue weighted by atomic mass is 16.1. The van der Waals surface area contributed by atoms with Gasteiger partial charge in [-0.25, -0.2) is 0 Å². The molecule has 0 saturated heterocycles. The lowest BCUT2D eigenvalue weighted by Gasteiger charge is -2.12. The number of aromatic nitrogens is 2. The molecular weight excluding hydrogens is 442 g/mol.